The van der Waals surface area contributed by atoms with E-state index in [1.54, 1.807) is 6.07 Å². The van der Waals surface area contributed by atoms with Crippen LogP contribution in [0.3, 0.4) is 0 Å². The minimum Gasteiger partial charge on any atom is -0.363 e. The molecule has 172 valence electrons. The highest BCUT2D eigenvalue weighted by Crippen LogP contribution is 2.28. The monoisotopic (exact) mass is 454 g/mol. The van der Waals surface area contributed by atoms with Crippen molar-refractivity contribution in [3.8, 4) is 11.1 Å². The smallest absolute Gasteiger partial charge is 0.271 e. The summed E-state index contributed by atoms with van der Waals surface area (Å²) in [6, 6.07) is 23.4. The van der Waals surface area contributed by atoms with Gasteiger partial charge in [0.25, 0.3) is 5.69 Å². The van der Waals surface area contributed by atoms with Gasteiger partial charge in [-0.1, -0.05) is 54.6 Å². The van der Waals surface area contributed by atoms with Gasteiger partial charge in [-0.15, -0.1) is 0 Å². The second kappa shape index (κ2) is 9.44. The number of aromatic nitrogens is 2. The lowest BCUT2D eigenvalue weighted by Gasteiger charge is -2.34. The average Bonchev–Trinajstić information content (AvgIpc) is 2.88. The fourth-order valence-electron chi connectivity index (χ4n) is 4.14. The summed E-state index contributed by atoms with van der Waals surface area (Å²) in [5, 5.41) is 14.7. The van der Waals surface area contributed by atoms with E-state index in [0.717, 1.165) is 37.6 Å². The summed E-state index contributed by atoms with van der Waals surface area (Å²) in [5.41, 5.74) is 4.68. The molecule has 1 saturated heterocycles. The van der Waals surface area contributed by atoms with E-state index >= 15 is 0 Å². The number of hydrogen-bond donors (Lipinski definition) is 1. The van der Waals surface area contributed by atoms with Crippen LogP contribution in [0.2, 0.25) is 0 Å². The Hall–Kier alpha value is -4.04. The van der Waals surface area contributed by atoms with Crippen molar-refractivity contribution < 1.29 is 4.92 Å². The number of fused-ring (bicyclic) bond motifs is 1. The van der Waals surface area contributed by atoms with Crippen molar-refractivity contribution in [2.45, 2.75) is 6.54 Å². The summed E-state index contributed by atoms with van der Waals surface area (Å²) < 4.78 is 0. The van der Waals surface area contributed by atoms with E-state index < -0.39 is 4.92 Å². The Balaban J connectivity index is 1.42. The maximum Gasteiger partial charge on any atom is 0.271 e. The van der Waals surface area contributed by atoms with Gasteiger partial charge in [-0.2, -0.15) is 0 Å². The fourth-order valence-corrected chi connectivity index (χ4v) is 4.14. The zero-order valence-electron chi connectivity index (χ0n) is 19.0. The third-order valence-electron chi connectivity index (χ3n) is 6.16. The lowest BCUT2D eigenvalue weighted by atomic mass is 10.0. The summed E-state index contributed by atoms with van der Waals surface area (Å²) in [6.07, 6.45) is 0. The zero-order chi connectivity index (χ0) is 23.5. The van der Waals surface area contributed by atoms with Crippen LogP contribution in [0.1, 0.15) is 5.56 Å². The lowest BCUT2D eigenvalue weighted by molar-refractivity contribution is -0.384. The number of nitro benzene ring substituents is 1. The first kappa shape index (κ1) is 21.8. The van der Waals surface area contributed by atoms with Crippen molar-refractivity contribution >= 4 is 28.4 Å². The first-order chi connectivity index (χ1) is 16.6. The van der Waals surface area contributed by atoms with Gasteiger partial charge >= 0.3 is 0 Å². The number of hydrogen-bond acceptors (Lipinski definition) is 7. The molecule has 8 heteroatoms. The molecule has 1 fully saturated rings. The first-order valence-corrected chi connectivity index (χ1v) is 11.3. The standard InChI is InChI=1S/C26H26N6O2/c1-30-13-15-31(16-14-30)26-25(28-23-12-11-22(32(33)34)17-24(23)29-26)27-18-19-7-9-21(10-8-19)20-5-3-2-4-6-20/h2-12,17H,13-16,18H2,1H3,(H,27,28). The number of likely N-dealkylation sites (N-methyl/N-ethyl adjacent to an activating group) is 1. The van der Waals surface area contributed by atoms with Crippen LogP contribution >= 0.6 is 0 Å². The Morgan fingerprint density at radius 3 is 2.29 bits per heavy atom. The van der Waals surface area contributed by atoms with Crippen LogP contribution in [-0.2, 0) is 6.54 Å². The third-order valence-corrected chi connectivity index (χ3v) is 6.16. The molecule has 0 unspecified atom stereocenters. The van der Waals surface area contributed by atoms with Gasteiger partial charge in [-0.05, 0) is 29.8 Å². The molecule has 0 saturated carbocycles. The van der Waals surface area contributed by atoms with E-state index in [9.17, 15) is 10.1 Å². The Kier molecular flexibility index (Phi) is 6.05. The maximum absolute atomic E-state index is 11.2. The number of nitrogens with one attached hydrogen (secondary N) is 1. The van der Waals surface area contributed by atoms with Gasteiger partial charge in [0.05, 0.1) is 16.0 Å². The van der Waals surface area contributed by atoms with Gasteiger partial charge in [0.2, 0.25) is 0 Å². The second-order valence-corrected chi connectivity index (χ2v) is 8.53. The van der Waals surface area contributed by atoms with Gasteiger partial charge in [-0.25, -0.2) is 9.97 Å². The van der Waals surface area contributed by atoms with E-state index in [0.29, 0.717) is 23.4 Å². The number of rotatable bonds is 6. The molecule has 0 radical (unpaired) electrons. The maximum atomic E-state index is 11.2. The van der Waals surface area contributed by atoms with Gasteiger partial charge < -0.3 is 15.1 Å². The Bertz CT molecular complexity index is 1300. The third kappa shape index (κ3) is 4.67. The fraction of sp³-hybridized carbons (Fsp3) is 0.231. The molecule has 0 atom stereocenters. The van der Waals surface area contributed by atoms with Gasteiger partial charge in [0.1, 0.15) is 0 Å². The van der Waals surface area contributed by atoms with Crippen LogP contribution in [0.5, 0.6) is 0 Å². The Labute approximate surface area is 198 Å². The molecule has 1 aliphatic rings. The molecular weight excluding hydrogens is 428 g/mol. The average molecular weight is 455 g/mol. The highest BCUT2D eigenvalue weighted by atomic mass is 16.6. The number of non-ortho nitro benzene ring substituents is 1. The van der Waals surface area contributed by atoms with Crippen LogP contribution < -0.4 is 10.2 Å². The minimum absolute atomic E-state index is 0.0188. The minimum atomic E-state index is -0.401. The van der Waals surface area contributed by atoms with Gasteiger partial charge in [-0.3, -0.25) is 10.1 Å². The first-order valence-electron chi connectivity index (χ1n) is 11.3. The molecule has 3 aromatic carbocycles. The van der Waals surface area contributed by atoms with Gasteiger partial charge in [0.15, 0.2) is 11.6 Å². The lowest BCUT2D eigenvalue weighted by Crippen LogP contribution is -2.45. The van der Waals surface area contributed by atoms with E-state index in [1.807, 2.05) is 18.2 Å². The second-order valence-electron chi connectivity index (χ2n) is 8.53. The number of nitrogens with zero attached hydrogens (tertiary/aromatic N) is 5. The number of anilines is 2. The predicted molar refractivity (Wildman–Crippen MR) is 135 cm³/mol. The van der Waals surface area contributed by atoms with E-state index in [1.165, 1.54) is 23.3 Å². The molecule has 8 nitrogen and oxygen atoms in total. The van der Waals surface area contributed by atoms with Crippen molar-refractivity contribution in [3.63, 3.8) is 0 Å². The van der Waals surface area contributed by atoms with Crippen LogP contribution in [0, 0.1) is 10.1 Å². The van der Waals surface area contributed by atoms with Crippen molar-refractivity contribution in [1.82, 2.24) is 14.9 Å². The molecule has 0 aliphatic carbocycles. The molecule has 2 heterocycles. The highest BCUT2D eigenvalue weighted by Gasteiger charge is 2.21. The largest absolute Gasteiger partial charge is 0.363 e. The molecule has 0 amide bonds. The topological polar surface area (TPSA) is 87.4 Å². The molecular formula is C26H26N6O2. The SMILES string of the molecule is CN1CCN(c2nc3cc([N+](=O)[O-])ccc3nc2NCc2ccc(-c3ccccc3)cc2)CC1. The van der Waals surface area contributed by atoms with E-state index in [2.05, 4.69) is 58.6 Å². The number of piperazine rings is 1. The van der Waals surface area contributed by atoms with Crippen molar-refractivity contribution in [1.29, 1.82) is 0 Å². The molecule has 1 aliphatic heterocycles. The molecule has 1 aromatic heterocycles. The number of benzene rings is 3. The Morgan fingerprint density at radius 1 is 0.882 bits per heavy atom. The predicted octanol–water partition coefficient (Wildman–Crippen LogP) is 4.57. The molecule has 5 rings (SSSR count). The summed E-state index contributed by atoms with van der Waals surface area (Å²) in [7, 11) is 2.10. The van der Waals surface area contributed by atoms with E-state index in [-0.39, 0.29) is 5.69 Å². The quantitative estimate of drug-likeness (QED) is 0.337. The molecule has 4 aromatic rings. The van der Waals surface area contributed by atoms with Crippen LogP contribution in [0.4, 0.5) is 17.3 Å². The van der Waals surface area contributed by atoms with Gasteiger partial charge in [0, 0.05) is 44.9 Å². The molecule has 0 spiro atoms. The van der Waals surface area contributed by atoms with Crippen LogP contribution in [0.25, 0.3) is 22.2 Å². The Morgan fingerprint density at radius 2 is 1.59 bits per heavy atom. The molecule has 0 bridgehead atoms. The summed E-state index contributed by atoms with van der Waals surface area (Å²) in [6.45, 7) is 4.10. The van der Waals surface area contributed by atoms with Crippen molar-refractivity contribution in [2.24, 2.45) is 0 Å². The summed E-state index contributed by atoms with van der Waals surface area (Å²) in [5.74, 6) is 1.43. The normalized spacial score (nSPS) is 14.3. The van der Waals surface area contributed by atoms with Crippen molar-refractivity contribution in [3.05, 3.63) is 88.5 Å². The van der Waals surface area contributed by atoms with Crippen molar-refractivity contribution in [2.75, 3.05) is 43.4 Å². The number of nitro groups is 1. The van der Waals surface area contributed by atoms with Crippen LogP contribution in [0.15, 0.2) is 72.8 Å². The highest BCUT2D eigenvalue weighted by molar-refractivity contribution is 5.82. The summed E-state index contributed by atoms with van der Waals surface area (Å²) >= 11 is 0. The summed E-state index contributed by atoms with van der Waals surface area (Å²) in [4.78, 5) is 24.9. The molecule has 1 N–H and O–H groups in total. The zero-order valence-corrected chi connectivity index (χ0v) is 19.0. The van der Waals surface area contributed by atoms with Crippen LogP contribution in [-0.4, -0.2) is 53.0 Å². The van der Waals surface area contributed by atoms with E-state index in [4.69, 9.17) is 9.97 Å². The molecule has 34 heavy (non-hydrogen) atoms.